The number of aryl methyl sites for hydroxylation is 1. The number of aromatic nitrogens is 2. The first-order chi connectivity index (χ1) is 12.2. The van der Waals surface area contributed by atoms with Crippen LogP contribution >= 0.6 is 11.8 Å². The lowest BCUT2D eigenvalue weighted by Crippen LogP contribution is -2.24. The molecule has 0 atom stereocenters. The second-order valence-corrected chi connectivity index (χ2v) is 6.87. The Labute approximate surface area is 152 Å². The number of thioether (sulfide) groups is 1. The number of hydrogen-bond donors (Lipinski definition) is 1. The van der Waals surface area contributed by atoms with E-state index in [2.05, 4.69) is 22.5 Å². The molecule has 0 aliphatic rings. The standard InChI is InChI=1S/C20H21N3OS/c1-16-12-14-22-23(16)18-10-8-17(9-11-18)20(24)21-13-5-15-25-19-6-3-2-4-7-19/h2-4,6-12,14H,5,13,15H2,1H3,(H,21,24). The molecule has 0 saturated carbocycles. The molecular formula is C20H21N3OS. The van der Waals surface area contributed by atoms with E-state index in [0.717, 1.165) is 23.6 Å². The molecule has 0 saturated heterocycles. The third-order valence-corrected chi connectivity index (χ3v) is 4.92. The van der Waals surface area contributed by atoms with Crippen LogP contribution in [0.5, 0.6) is 0 Å². The quantitative estimate of drug-likeness (QED) is 0.515. The Bertz CT molecular complexity index is 812. The van der Waals surface area contributed by atoms with Gasteiger partial charge in [0.05, 0.1) is 5.69 Å². The van der Waals surface area contributed by atoms with E-state index in [4.69, 9.17) is 0 Å². The maximum absolute atomic E-state index is 12.2. The molecule has 128 valence electrons. The van der Waals surface area contributed by atoms with Gasteiger partial charge < -0.3 is 5.32 Å². The fraction of sp³-hybridized carbons (Fsp3) is 0.200. The molecule has 1 aromatic heterocycles. The minimum Gasteiger partial charge on any atom is -0.352 e. The van der Waals surface area contributed by atoms with Gasteiger partial charge in [0.15, 0.2) is 0 Å². The van der Waals surface area contributed by atoms with Crippen LogP contribution in [-0.2, 0) is 0 Å². The van der Waals surface area contributed by atoms with Gasteiger partial charge in [0, 0.05) is 28.9 Å². The Morgan fingerprint density at radius 2 is 1.84 bits per heavy atom. The molecule has 0 radical (unpaired) electrons. The number of benzene rings is 2. The zero-order valence-corrected chi connectivity index (χ0v) is 15.0. The van der Waals surface area contributed by atoms with Crippen molar-refractivity contribution in [3.05, 3.63) is 78.1 Å². The van der Waals surface area contributed by atoms with Crippen LogP contribution in [-0.4, -0.2) is 28.0 Å². The van der Waals surface area contributed by atoms with E-state index in [1.54, 1.807) is 6.20 Å². The van der Waals surface area contributed by atoms with Crippen molar-refractivity contribution in [1.82, 2.24) is 15.1 Å². The Balaban J connectivity index is 1.44. The fourth-order valence-corrected chi connectivity index (χ4v) is 3.35. The van der Waals surface area contributed by atoms with Gasteiger partial charge >= 0.3 is 0 Å². The van der Waals surface area contributed by atoms with Gasteiger partial charge in [0.2, 0.25) is 0 Å². The van der Waals surface area contributed by atoms with Gasteiger partial charge in [-0.2, -0.15) is 5.10 Å². The largest absolute Gasteiger partial charge is 0.352 e. The van der Waals surface area contributed by atoms with Crippen LogP contribution in [0.15, 0.2) is 71.8 Å². The van der Waals surface area contributed by atoms with E-state index in [9.17, 15) is 4.79 Å². The van der Waals surface area contributed by atoms with E-state index in [-0.39, 0.29) is 5.91 Å². The van der Waals surface area contributed by atoms with Crippen LogP contribution in [0.25, 0.3) is 5.69 Å². The first-order valence-corrected chi connectivity index (χ1v) is 9.30. The predicted octanol–water partition coefficient (Wildman–Crippen LogP) is 4.09. The molecular weight excluding hydrogens is 330 g/mol. The lowest BCUT2D eigenvalue weighted by molar-refractivity contribution is 0.0954. The van der Waals surface area contributed by atoms with Crippen molar-refractivity contribution in [2.45, 2.75) is 18.2 Å². The van der Waals surface area contributed by atoms with Gasteiger partial charge in [-0.3, -0.25) is 4.79 Å². The third-order valence-electron chi connectivity index (χ3n) is 3.82. The van der Waals surface area contributed by atoms with E-state index >= 15 is 0 Å². The van der Waals surface area contributed by atoms with Gasteiger partial charge in [-0.1, -0.05) is 18.2 Å². The molecule has 0 aliphatic carbocycles. The lowest BCUT2D eigenvalue weighted by Gasteiger charge is -2.07. The second kappa shape index (κ2) is 8.53. The van der Waals surface area contributed by atoms with Crippen molar-refractivity contribution in [3.8, 4) is 5.69 Å². The average molecular weight is 351 g/mol. The highest BCUT2D eigenvalue weighted by molar-refractivity contribution is 7.99. The maximum atomic E-state index is 12.2. The van der Waals surface area contributed by atoms with Crippen LogP contribution in [0.2, 0.25) is 0 Å². The monoisotopic (exact) mass is 351 g/mol. The molecule has 0 spiro atoms. The molecule has 0 unspecified atom stereocenters. The normalized spacial score (nSPS) is 10.6. The summed E-state index contributed by atoms with van der Waals surface area (Å²) in [4.78, 5) is 13.5. The Morgan fingerprint density at radius 3 is 2.52 bits per heavy atom. The average Bonchev–Trinajstić information content (AvgIpc) is 3.08. The topological polar surface area (TPSA) is 46.9 Å². The smallest absolute Gasteiger partial charge is 0.251 e. The summed E-state index contributed by atoms with van der Waals surface area (Å²) in [6.45, 7) is 2.68. The summed E-state index contributed by atoms with van der Waals surface area (Å²) in [6, 6.07) is 19.8. The van der Waals surface area contributed by atoms with Crippen LogP contribution < -0.4 is 5.32 Å². The zero-order chi connectivity index (χ0) is 17.5. The van der Waals surface area contributed by atoms with Crippen molar-refractivity contribution >= 4 is 17.7 Å². The van der Waals surface area contributed by atoms with Crippen LogP contribution in [0, 0.1) is 6.92 Å². The van der Waals surface area contributed by atoms with Crippen molar-refractivity contribution in [3.63, 3.8) is 0 Å². The summed E-state index contributed by atoms with van der Waals surface area (Å²) >= 11 is 1.81. The highest BCUT2D eigenvalue weighted by atomic mass is 32.2. The summed E-state index contributed by atoms with van der Waals surface area (Å²) in [5.74, 6) is 0.954. The number of carbonyl (C=O) groups excluding carboxylic acids is 1. The molecule has 1 heterocycles. The number of nitrogens with zero attached hydrogens (tertiary/aromatic N) is 2. The number of carbonyl (C=O) groups is 1. The molecule has 0 aliphatic heterocycles. The highest BCUT2D eigenvalue weighted by Crippen LogP contribution is 2.17. The summed E-state index contributed by atoms with van der Waals surface area (Å²) in [7, 11) is 0. The van der Waals surface area contributed by atoms with Crippen molar-refractivity contribution in [2.24, 2.45) is 0 Å². The SMILES string of the molecule is Cc1ccnn1-c1ccc(C(=O)NCCCSc2ccccc2)cc1. The molecule has 1 N–H and O–H groups in total. The molecule has 25 heavy (non-hydrogen) atoms. The Hall–Kier alpha value is -2.53. The first-order valence-electron chi connectivity index (χ1n) is 8.31. The summed E-state index contributed by atoms with van der Waals surface area (Å²) in [5.41, 5.74) is 2.69. The van der Waals surface area contributed by atoms with Crippen molar-refractivity contribution < 1.29 is 4.79 Å². The molecule has 5 heteroatoms. The Morgan fingerprint density at radius 1 is 1.08 bits per heavy atom. The van der Waals surface area contributed by atoms with Gasteiger partial charge in [0.25, 0.3) is 5.91 Å². The maximum Gasteiger partial charge on any atom is 0.251 e. The van der Waals surface area contributed by atoms with Crippen LogP contribution in [0.3, 0.4) is 0 Å². The fourth-order valence-electron chi connectivity index (χ4n) is 2.48. The minimum absolute atomic E-state index is 0.0338. The second-order valence-electron chi connectivity index (χ2n) is 5.70. The Kier molecular flexibility index (Phi) is 5.90. The number of hydrogen-bond acceptors (Lipinski definition) is 3. The van der Waals surface area contributed by atoms with E-state index in [1.807, 2.05) is 71.9 Å². The molecule has 3 aromatic rings. The molecule has 1 amide bonds. The van der Waals surface area contributed by atoms with E-state index in [0.29, 0.717) is 12.1 Å². The zero-order valence-electron chi connectivity index (χ0n) is 14.2. The third kappa shape index (κ3) is 4.73. The van der Waals surface area contributed by atoms with E-state index in [1.165, 1.54) is 4.90 Å². The van der Waals surface area contributed by atoms with Crippen LogP contribution in [0.1, 0.15) is 22.5 Å². The lowest BCUT2D eigenvalue weighted by atomic mass is 10.2. The summed E-state index contributed by atoms with van der Waals surface area (Å²) in [5, 5.41) is 7.25. The molecule has 2 aromatic carbocycles. The molecule has 4 nitrogen and oxygen atoms in total. The van der Waals surface area contributed by atoms with Gasteiger partial charge in [-0.15, -0.1) is 11.8 Å². The van der Waals surface area contributed by atoms with E-state index < -0.39 is 0 Å². The number of nitrogens with one attached hydrogen (secondary N) is 1. The van der Waals surface area contributed by atoms with Gasteiger partial charge in [-0.05, 0) is 61.6 Å². The number of amides is 1. The summed E-state index contributed by atoms with van der Waals surface area (Å²) in [6.07, 6.45) is 2.71. The van der Waals surface area contributed by atoms with Gasteiger partial charge in [0.1, 0.15) is 0 Å². The number of rotatable bonds is 7. The molecule has 3 rings (SSSR count). The molecule has 0 bridgehead atoms. The van der Waals surface area contributed by atoms with Crippen molar-refractivity contribution in [1.29, 1.82) is 0 Å². The first kappa shape index (κ1) is 17.3. The van der Waals surface area contributed by atoms with Crippen LogP contribution in [0.4, 0.5) is 0 Å². The van der Waals surface area contributed by atoms with Crippen molar-refractivity contribution in [2.75, 3.05) is 12.3 Å². The predicted molar refractivity (Wildman–Crippen MR) is 102 cm³/mol. The summed E-state index contributed by atoms with van der Waals surface area (Å²) < 4.78 is 1.85. The highest BCUT2D eigenvalue weighted by Gasteiger charge is 2.06. The minimum atomic E-state index is -0.0338. The molecule has 0 fully saturated rings. The van der Waals surface area contributed by atoms with Gasteiger partial charge in [-0.25, -0.2) is 4.68 Å².